The van der Waals surface area contributed by atoms with E-state index in [2.05, 4.69) is 16.8 Å². The normalized spacial score (nSPS) is 15.2. The molecule has 1 aliphatic heterocycles. The number of likely N-dealkylation sites (tertiary alicyclic amines) is 1. The first-order valence-corrected chi connectivity index (χ1v) is 7.71. The van der Waals surface area contributed by atoms with Crippen molar-refractivity contribution in [3.8, 4) is 16.9 Å². The second-order valence-corrected chi connectivity index (χ2v) is 5.50. The van der Waals surface area contributed by atoms with E-state index in [0.29, 0.717) is 0 Å². The summed E-state index contributed by atoms with van der Waals surface area (Å²) < 4.78 is 6.02. The van der Waals surface area contributed by atoms with Crippen molar-refractivity contribution in [3.63, 3.8) is 0 Å². The summed E-state index contributed by atoms with van der Waals surface area (Å²) >= 11 is 0. The molecule has 0 saturated carbocycles. The number of benzene rings is 1. The van der Waals surface area contributed by atoms with E-state index in [-0.39, 0.29) is 12.0 Å². The number of hydrogen-bond acceptors (Lipinski definition) is 4. The molecule has 0 unspecified atom stereocenters. The first-order valence-electron chi connectivity index (χ1n) is 7.71. The van der Waals surface area contributed by atoms with E-state index in [0.717, 1.165) is 42.8 Å². The number of amides is 1. The number of aromatic nitrogens is 2. The summed E-state index contributed by atoms with van der Waals surface area (Å²) in [5, 5.41) is 7.67. The van der Waals surface area contributed by atoms with Crippen LogP contribution in [0.25, 0.3) is 11.1 Å². The van der Waals surface area contributed by atoms with Crippen LogP contribution >= 0.6 is 0 Å². The highest BCUT2D eigenvalue weighted by molar-refractivity contribution is 5.87. The zero-order chi connectivity index (χ0) is 16.1. The van der Waals surface area contributed by atoms with E-state index in [4.69, 9.17) is 4.74 Å². The van der Waals surface area contributed by atoms with Crippen LogP contribution in [0.15, 0.2) is 55.4 Å². The van der Waals surface area contributed by atoms with Gasteiger partial charge in [0.15, 0.2) is 0 Å². The molecule has 1 amide bonds. The highest BCUT2D eigenvalue weighted by Crippen LogP contribution is 2.24. The van der Waals surface area contributed by atoms with Crippen LogP contribution in [0.5, 0.6) is 5.75 Å². The molecule has 1 aliphatic rings. The third-order valence-electron chi connectivity index (χ3n) is 4.00. The number of rotatable bonds is 4. The Hall–Kier alpha value is -2.69. The highest BCUT2D eigenvalue weighted by atomic mass is 16.5. The Morgan fingerprint density at radius 1 is 1.13 bits per heavy atom. The molecule has 118 valence electrons. The summed E-state index contributed by atoms with van der Waals surface area (Å²) in [5.41, 5.74) is 2.11. The lowest BCUT2D eigenvalue weighted by atomic mass is 10.1. The van der Waals surface area contributed by atoms with E-state index in [9.17, 15) is 4.79 Å². The molecule has 23 heavy (non-hydrogen) atoms. The van der Waals surface area contributed by atoms with Gasteiger partial charge in [0.05, 0.1) is 12.4 Å². The quantitative estimate of drug-likeness (QED) is 0.815. The third kappa shape index (κ3) is 3.74. The molecule has 1 fully saturated rings. The average Bonchev–Trinajstić information content (AvgIpc) is 2.63. The van der Waals surface area contributed by atoms with Gasteiger partial charge in [0.1, 0.15) is 11.9 Å². The van der Waals surface area contributed by atoms with Gasteiger partial charge < -0.3 is 9.64 Å². The zero-order valence-corrected chi connectivity index (χ0v) is 12.9. The number of piperidine rings is 1. The fourth-order valence-electron chi connectivity index (χ4n) is 2.70. The lowest BCUT2D eigenvalue weighted by Crippen LogP contribution is -2.41. The maximum absolute atomic E-state index is 11.6. The highest BCUT2D eigenvalue weighted by Gasteiger charge is 2.22. The molecule has 0 atom stereocenters. The van der Waals surface area contributed by atoms with Crippen LogP contribution in [0, 0.1) is 0 Å². The van der Waals surface area contributed by atoms with Gasteiger partial charge in [-0.1, -0.05) is 18.7 Å². The van der Waals surface area contributed by atoms with Crippen LogP contribution in [-0.4, -0.2) is 40.2 Å². The Balaban J connectivity index is 1.57. The second kappa shape index (κ2) is 7.05. The Bertz CT molecular complexity index is 662. The third-order valence-corrected chi connectivity index (χ3v) is 4.00. The fraction of sp³-hybridized carbons (Fsp3) is 0.278. The molecule has 2 aromatic rings. The maximum atomic E-state index is 11.6. The maximum Gasteiger partial charge on any atom is 0.245 e. The van der Waals surface area contributed by atoms with E-state index >= 15 is 0 Å². The molecule has 0 radical (unpaired) electrons. The van der Waals surface area contributed by atoms with Crippen LogP contribution in [0.2, 0.25) is 0 Å². The van der Waals surface area contributed by atoms with Crippen molar-refractivity contribution in [2.24, 2.45) is 0 Å². The lowest BCUT2D eigenvalue weighted by molar-refractivity contribution is -0.127. The molecule has 0 spiro atoms. The zero-order valence-electron chi connectivity index (χ0n) is 12.9. The standard InChI is InChI=1S/C18H19N3O2/c1-2-18(22)21-11-8-17(9-12-21)23-16-5-3-14(4-6-16)15-7-10-19-20-13-15/h2-7,10,13,17H,1,8-9,11-12H2. The summed E-state index contributed by atoms with van der Waals surface area (Å²) in [4.78, 5) is 13.4. The van der Waals surface area contributed by atoms with Crippen molar-refractivity contribution < 1.29 is 9.53 Å². The van der Waals surface area contributed by atoms with Crippen LogP contribution < -0.4 is 4.74 Å². The molecule has 5 nitrogen and oxygen atoms in total. The summed E-state index contributed by atoms with van der Waals surface area (Å²) in [5.74, 6) is 0.850. The predicted molar refractivity (Wildman–Crippen MR) is 87.9 cm³/mol. The van der Waals surface area contributed by atoms with Gasteiger partial charge in [-0.05, 0) is 29.8 Å². The van der Waals surface area contributed by atoms with Gasteiger partial charge in [-0.25, -0.2) is 0 Å². The lowest BCUT2D eigenvalue weighted by Gasteiger charge is -2.31. The predicted octanol–water partition coefficient (Wildman–Crippen LogP) is 2.70. The molecule has 1 aromatic heterocycles. The van der Waals surface area contributed by atoms with E-state index in [1.165, 1.54) is 6.08 Å². The SMILES string of the molecule is C=CC(=O)N1CCC(Oc2ccc(-c3ccnnc3)cc2)CC1. The van der Waals surface area contributed by atoms with Gasteiger partial charge in [-0.2, -0.15) is 10.2 Å². The van der Waals surface area contributed by atoms with Crippen molar-refractivity contribution in [2.45, 2.75) is 18.9 Å². The van der Waals surface area contributed by atoms with Gasteiger partial charge in [-0.3, -0.25) is 4.79 Å². The van der Waals surface area contributed by atoms with Crippen molar-refractivity contribution in [1.82, 2.24) is 15.1 Å². The number of hydrogen-bond donors (Lipinski definition) is 0. The smallest absolute Gasteiger partial charge is 0.245 e. The molecular formula is C18H19N3O2. The van der Waals surface area contributed by atoms with E-state index < -0.39 is 0 Å². The molecular weight excluding hydrogens is 290 g/mol. The molecule has 0 bridgehead atoms. The molecule has 5 heteroatoms. The van der Waals surface area contributed by atoms with Crippen molar-refractivity contribution in [1.29, 1.82) is 0 Å². The van der Waals surface area contributed by atoms with Gasteiger partial charge in [0.2, 0.25) is 5.91 Å². The minimum atomic E-state index is -0.00115. The number of ether oxygens (including phenoxy) is 1. The molecule has 0 N–H and O–H groups in total. The summed E-state index contributed by atoms with van der Waals surface area (Å²) in [6, 6.07) is 9.90. The largest absolute Gasteiger partial charge is 0.490 e. The fourth-order valence-corrected chi connectivity index (χ4v) is 2.70. The Kier molecular flexibility index (Phi) is 4.66. The summed E-state index contributed by atoms with van der Waals surface area (Å²) in [6.45, 7) is 4.96. The minimum absolute atomic E-state index is 0.00115. The Morgan fingerprint density at radius 2 is 1.87 bits per heavy atom. The van der Waals surface area contributed by atoms with Crippen LogP contribution in [-0.2, 0) is 4.79 Å². The van der Waals surface area contributed by atoms with Gasteiger partial charge >= 0.3 is 0 Å². The number of nitrogens with zero attached hydrogens (tertiary/aromatic N) is 3. The van der Waals surface area contributed by atoms with Gasteiger partial charge in [0.25, 0.3) is 0 Å². The summed E-state index contributed by atoms with van der Waals surface area (Å²) in [7, 11) is 0. The van der Waals surface area contributed by atoms with Crippen LogP contribution in [0.4, 0.5) is 0 Å². The van der Waals surface area contributed by atoms with Crippen molar-refractivity contribution >= 4 is 5.91 Å². The molecule has 2 heterocycles. The van der Waals surface area contributed by atoms with Crippen molar-refractivity contribution in [2.75, 3.05) is 13.1 Å². The molecule has 1 aromatic carbocycles. The molecule has 3 rings (SSSR count). The van der Waals surface area contributed by atoms with Crippen LogP contribution in [0.3, 0.4) is 0 Å². The topological polar surface area (TPSA) is 55.3 Å². The molecule has 1 saturated heterocycles. The van der Waals surface area contributed by atoms with Gasteiger partial charge in [-0.15, -0.1) is 0 Å². The minimum Gasteiger partial charge on any atom is -0.490 e. The first kappa shape index (κ1) is 15.2. The summed E-state index contributed by atoms with van der Waals surface area (Å²) in [6.07, 6.45) is 6.62. The monoisotopic (exact) mass is 309 g/mol. The Morgan fingerprint density at radius 3 is 2.48 bits per heavy atom. The number of carbonyl (C=O) groups excluding carboxylic acids is 1. The van der Waals surface area contributed by atoms with Crippen LogP contribution in [0.1, 0.15) is 12.8 Å². The van der Waals surface area contributed by atoms with Gasteiger partial charge in [0, 0.05) is 31.5 Å². The number of carbonyl (C=O) groups is 1. The second-order valence-electron chi connectivity index (χ2n) is 5.50. The van der Waals surface area contributed by atoms with Crippen molar-refractivity contribution in [3.05, 3.63) is 55.4 Å². The Labute approximate surface area is 135 Å². The van der Waals surface area contributed by atoms with E-state index in [1.807, 2.05) is 35.2 Å². The first-order chi connectivity index (χ1) is 11.3. The van der Waals surface area contributed by atoms with E-state index in [1.54, 1.807) is 12.4 Å². The molecule has 0 aliphatic carbocycles. The average molecular weight is 309 g/mol.